The minimum absolute atomic E-state index is 0.214. The maximum Gasteiger partial charge on any atom is 0.534 e. The summed E-state index contributed by atoms with van der Waals surface area (Å²) in [6.45, 7) is 0. The molecule has 2 atom stereocenters. The molecule has 0 aromatic heterocycles. The van der Waals surface area contributed by atoms with E-state index in [-0.39, 0.29) is 12.8 Å². The molecule has 0 spiro atoms. The number of alkyl halides is 3. The van der Waals surface area contributed by atoms with Crippen molar-refractivity contribution in [2.24, 2.45) is 0 Å². The first kappa shape index (κ1) is 16.6. The summed E-state index contributed by atoms with van der Waals surface area (Å²) in [5.41, 5.74) is -5.57. The van der Waals surface area contributed by atoms with Gasteiger partial charge in [0.25, 0.3) is 5.91 Å². The number of hydrogen-bond acceptors (Lipinski definition) is 6. The Labute approximate surface area is 123 Å². The predicted molar refractivity (Wildman–Crippen MR) is 64.4 cm³/mol. The molecule has 0 bridgehead atoms. The Morgan fingerprint density at radius 1 is 1.36 bits per heavy atom. The maximum absolute atomic E-state index is 12.3. The topological polar surface area (TPSA) is 90.0 Å². The summed E-state index contributed by atoms with van der Waals surface area (Å²) in [6.07, 6.45) is 1.06. The molecule has 2 aliphatic rings. The molecule has 0 radical (unpaired) electrons. The van der Waals surface area contributed by atoms with Crippen LogP contribution in [0, 0.1) is 0 Å². The van der Waals surface area contributed by atoms with Crippen LogP contribution in [-0.2, 0) is 28.6 Å². The Bertz CT molecular complexity index is 626. The van der Waals surface area contributed by atoms with Gasteiger partial charge in [0.15, 0.2) is 0 Å². The van der Waals surface area contributed by atoms with Crippen molar-refractivity contribution in [3.63, 3.8) is 0 Å². The Hall–Kier alpha value is -1.78. The maximum atomic E-state index is 12.3. The monoisotopic (exact) mass is 343 g/mol. The lowest BCUT2D eigenvalue weighted by Gasteiger charge is -2.31. The highest BCUT2D eigenvalue weighted by molar-refractivity contribution is 7.87. The highest BCUT2D eigenvalue weighted by Gasteiger charge is 2.50. The summed E-state index contributed by atoms with van der Waals surface area (Å²) < 4.78 is 67.3. The van der Waals surface area contributed by atoms with Gasteiger partial charge in [0.05, 0.1) is 7.11 Å². The molecule has 1 saturated heterocycles. The second-order valence-corrected chi connectivity index (χ2v) is 6.35. The molecule has 7 nitrogen and oxygen atoms in total. The molecule has 1 fully saturated rings. The lowest BCUT2D eigenvalue weighted by Crippen LogP contribution is -2.47. The van der Waals surface area contributed by atoms with Gasteiger partial charge in [-0.05, 0) is 12.8 Å². The number of amides is 1. The van der Waals surface area contributed by atoms with Crippen molar-refractivity contribution in [3.8, 4) is 0 Å². The minimum atomic E-state index is -5.81. The molecule has 0 N–H and O–H groups in total. The molecule has 11 heteroatoms. The van der Waals surface area contributed by atoms with E-state index in [4.69, 9.17) is 0 Å². The van der Waals surface area contributed by atoms with Gasteiger partial charge in [-0.1, -0.05) is 0 Å². The van der Waals surface area contributed by atoms with Crippen LogP contribution >= 0.6 is 0 Å². The minimum Gasteiger partial charge on any atom is -0.467 e. The van der Waals surface area contributed by atoms with E-state index >= 15 is 0 Å². The SMILES string of the molecule is COC(=O)[C@@H]1CC[C@H]2CC(OS(=O)(=O)C(F)(F)F)=CC(=O)N21. The molecule has 22 heavy (non-hydrogen) atoms. The van der Waals surface area contributed by atoms with Gasteiger partial charge in [0, 0.05) is 18.5 Å². The molecule has 2 aliphatic heterocycles. The number of rotatable bonds is 3. The zero-order valence-corrected chi connectivity index (χ0v) is 12.1. The Morgan fingerprint density at radius 3 is 2.55 bits per heavy atom. The zero-order valence-electron chi connectivity index (χ0n) is 11.3. The third-order valence-electron chi connectivity index (χ3n) is 3.45. The Morgan fingerprint density at radius 2 is 2.00 bits per heavy atom. The van der Waals surface area contributed by atoms with Gasteiger partial charge < -0.3 is 13.8 Å². The molecule has 124 valence electrons. The number of esters is 1. The van der Waals surface area contributed by atoms with Crippen LogP contribution in [0.2, 0.25) is 0 Å². The molecule has 2 rings (SSSR count). The summed E-state index contributed by atoms with van der Waals surface area (Å²) in [5.74, 6) is -2.00. The number of carbonyl (C=O) groups is 2. The van der Waals surface area contributed by atoms with Crippen LogP contribution in [0.15, 0.2) is 11.8 Å². The number of fused-ring (bicyclic) bond motifs is 1. The van der Waals surface area contributed by atoms with Crippen LogP contribution < -0.4 is 0 Å². The van der Waals surface area contributed by atoms with Gasteiger partial charge in [-0.3, -0.25) is 4.79 Å². The largest absolute Gasteiger partial charge is 0.534 e. The second-order valence-electron chi connectivity index (χ2n) is 4.81. The zero-order chi connectivity index (χ0) is 16.7. The van der Waals surface area contributed by atoms with Crippen LogP contribution in [0.25, 0.3) is 0 Å². The molecule has 0 saturated carbocycles. The summed E-state index contributed by atoms with van der Waals surface area (Å²) in [4.78, 5) is 24.7. The second kappa shape index (κ2) is 5.45. The highest BCUT2D eigenvalue weighted by Crippen LogP contribution is 2.35. The van der Waals surface area contributed by atoms with Crippen LogP contribution in [0.3, 0.4) is 0 Å². The fraction of sp³-hybridized carbons (Fsp3) is 0.636. The lowest BCUT2D eigenvalue weighted by molar-refractivity contribution is -0.151. The number of carbonyl (C=O) groups excluding carboxylic acids is 2. The molecule has 1 amide bonds. The first-order valence-corrected chi connectivity index (χ1v) is 7.59. The summed E-state index contributed by atoms with van der Waals surface area (Å²) >= 11 is 0. The quantitative estimate of drug-likeness (QED) is 0.425. The van der Waals surface area contributed by atoms with Crippen LogP contribution in [0.5, 0.6) is 0 Å². The molecule has 0 unspecified atom stereocenters. The molecular weight excluding hydrogens is 331 g/mol. The first-order valence-electron chi connectivity index (χ1n) is 6.18. The van der Waals surface area contributed by atoms with Gasteiger partial charge in [0.1, 0.15) is 11.8 Å². The van der Waals surface area contributed by atoms with Crippen molar-refractivity contribution >= 4 is 22.0 Å². The Kier molecular flexibility index (Phi) is 4.11. The van der Waals surface area contributed by atoms with Crippen molar-refractivity contribution in [2.75, 3.05) is 7.11 Å². The van der Waals surface area contributed by atoms with E-state index in [1.54, 1.807) is 0 Å². The average Bonchev–Trinajstić information content (AvgIpc) is 2.80. The standard InChI is InChI=1S/C11H12F3NO6S/c1-20-10(17)8-3-2-6-4-7(5-9(16)15(6)8)21-22(18,19)11(12,13)14/h5-6,8H,2-4H2,1H3/t6-,8-/m0/s1. The van der Waals surface area contributed by atoms with E-state index < -0.39 is 45.3 Å². The predicted octanol–water partition coefficient (Wildman–Crippen LogP) is 0.673. The average molecular weight is 343 g/mol. The highest BCUT2D eigenvalue weighted by atomic mass is 32.2. The number of methoxy groups -OCH3 is 1. The third kappa shape index (κ3) is 2.89. The van der Waals surface area contributed by atoms with E-state index in [9.17, 15) is 31.2 Å². The van der Waals surface area contributed by atoms with Crippen LogP contribution in [0.1, 0.15) is 19.3 Å². The number of hydrogen-bond donors (Lipinski definition) is 0. The summed E-state index contributed by atoms with van der Waals surface area (Å²) in [6, 6.07) is -1.42. The molecular formula is C11H12F3NO6S. The fourth-order valence-electron chi connectivity index (χ4n) is 2.53. The molecule has 0 aliphatic carbocycles. The van der Waals surface area contributed by atoms with Gasteiger partial charge in [0.2, 0.25) is 0 Å². The molecule has 2 heterocycles. The van der Waals surface area contributed by atoms with Gasteiger partial charge in [-0.2, -0.15) is 21.6 Å². The van der Waals surface area contributed by atoms with E-state index in [0.717, 1.165) is 7.11 Å². The van der Waals surface area contributed by atoms with Gasteiger partial charge >= 0.3 is 21.6 Å². The van der Waals surface area contributed by atoms with Gasteiger partial charge in [-0.15, -0.1) is 0 Å². The lowest BCUT2D eigenvalue weighted by atomic mass is 10.1. The Balaban J connectivity index is 2.19. The van der Waals surface area contributed by atoms with E-state index in [2.05, 4.69) is 8.92 Å². The smallest absolute Gasteiger partial charge is 0.467 e. The van der Waals surface area contributed by atoms with E-state index in [1.165, 1.54) is 4.90 Å². The van der Waals surface area contributed by atoms with E-state index in [1.807, 2.05) is 0 Å². The summed E-state index contributed by atoms with van der Waals surface area (Å²) in [7, 11) is -4.66. The van der Waals surface area contributed by atoms with Crippen molar-refractivity contribution in [2.45, 2.75) is 36.9 Å². The van der Waals surface area contributed by atoms with Crippen LogP contribution in [0.4, 0.5) is 13.2 Å². The fourth-order valence-corrected chi connectivity index (χ4v) is 3.03. The summed E-state index contributed by atoms with van der Waals surface area (Å²) in [5, 5.41) is 0. The molecule has 0 aromatic rings. The number of halogens is 3. The molecule has 0 aromatic carbocycles. The van der Waals surface area contributed by atoms with E-state index in [0.29, 0.717) is 12.5 Å². The van der Waals surface area contributed by atoms with Crippen molar-refractivity contribution < 1.29 is 40.1 Å². The van der Waals surface area contributed by atoms with Crippen molar-refractivity contribution in [3.05, 3.63) is 11.8 Å². The first-order chi connectivity index (χ1) is 10.1. The van der Waals surface area contributed by atoms with Gasteiger partial charge in [-0.25, -0.2) is 4.79 Å². The van der Waals surface area contributed by atoms with Crippen molar-refractivity contribution in [1.29, 1.82) is 0 Å². The number of ether oxygens (including phenoxy) is 1. The number of nitrogens with zero attached hydrogens (tertiary/aromatic N) is 1. The normalized spacial score (nSPS) is 25.5. The van der Waals surface area contributed by atoms with Crippen molar-refractivity contribution in [1.82, 2.24) is 4.90 Å². The van der Waals surface area contributed by atoms with Crippen LogP contribution in [-0.4, -0.2) is 49.9 Å². The third-order valence-corrected chi connectivity index (χ3v) is 4.45.